The summed E-state index contributed by atoms with van der Waals surface area (Å²) in [6, 6.07) is 0. The van der Waals surface area contributed by atoms with Crippen LogP contribution in [0.25, 0.3) is 0 Å². The molecule has 1 aliphatic rings. The molecule has 0 aromatic heterocycles. The van der Waals surface area contributed by atoms with E-state index in [2.05, 4.69) is 6.92 Å². The maximum absolute atomic E-state index is 5.62. The quantitative estimate of drug-likeness (QED) is 0.472. The van der Waals surface area contributed by atoms with E-state index in [-0.39, 0.29) is 0 Å². The van der Waals surface area contributed by atoms with Crippen LogP contribution in [0.2, 0.25) is 0 Å². The lowest BCUT2D eigenvalue weighted by Gasteiger charge is -2.08. The summed E-state index contributed by atoms with van der Waals surface area (Å²) in [6.07, 6.45) is 17.4. The first-order chi connectivity index (χ1) is 7.93. The standard InChI is InChI=1S/C15H30O/c1-2-3-4-5-6-7-8-9-10-12-15-13-11-14-16-15/h15H,2-14H2,1H3. The van der Waals surface area contributed by atoms with E-state index < -0.39 is 0 Å². The predicted octanol–water partition coefficient (Wildman–Crippen LogP) is 5.09. The van der Waals surface area contributed by atoms with Crippen molar-refractivity contribution in [2.75, 3.05) is 6.61 Å². The molecular formula is C15H30O. The molecule has 1 fully saturated rings. The van der Waals surface area contributed by atoms with Gasteiger partial charge >= 0.3 is 0 Å². The lowest BCUT2D eigenvalue weighted by Crippen LogP contribution is -2.03. The van der Waals surface area contributed by atoms with Crippen LogP contribution in [0.4, 0.5) is 0 Å². The van der Waals surface area contributed by atoms with Crippen molar-refractivity contribution in [3.63, 3.8) is 0 Å². The Kier molecular flexibility index (Phi) is 8.88. The smallest absolute Gasteiger partial charge is 0.0576 e. The maximum atomic E-state index is 5.62. The number of ether oxygens (including phenoxy) is 1. The minimum absolute atomic E-state index is 0.615. The molecule has 0 spiro atoms. The molecule has 1 heteroatoms. The molecule has 1 heterocycles. The van der Waals surface area contributed by atoms with Crippen LogP contribution in [-0.2, 0) is 4.74 Å². The van der Waals surface area contributed by atoms with Gasteiger partial charge in [0.15, 0.2) is 0 Å². The maximum Gasteiger partial charge on any atom is 0.0576 e. The van der Waals surface area contributed by atoms with Gasteiger partial charge in [0.25, 0.3) is 0 Å². The van der Waals surface area contributed by atoms with Gasteiger partial charge in [-0.05, 0) is 19.3 Å². The number of hydrogen-bond acceptors (Lipinski definition) is 1. The Bertz CT molecular complexity index is 138. The lowest BCUT2D eigenvalue weighted by atomic mass is 10.0. The number of hydrogen-bond donors (Lipinski definition) is 0. The van der Waals surface area contributed by atoms with Crippen molar-refractivity contribution in [1.82, 2.24) is 0 Å². The summed E-state index contributed by atoms with van der Waals surface area (Å²) in [5.41, 5.74) is 0. The highest BCUT2D eigenvalue weighted by atomic mass is 16.5. The van der Waals surface area contributed by atoms with Gasteiger partial charge in [0.05, 0.1) is 6.10 Å². The Balaban J connectivity index is 1.71. The minimum Gasteiger partial charge on any atom is -0.378 e. The normalized spacial score (nSPS) is 20.4. The highest BCUT2D eigenvalue weighted by Crippen LogP contribution is 2.19. The fraction of sp³-hybridized carbons (Fsp3) is 1.00. The zero-order chi connectivity index (χ0) is 11.5. The van der Waals surface area contributed by atoms with Gasteiger partial charge in [-0.15, -0.1) is 0 Å². The number of unbranched alkanes of at least 4 members (excludes halogenated alkanes) is 8. The van der Waals surface area contributed by atoms with Crippen LogP contribution in [-0.4, -0.2) is 12.7 Å². The molecule has 1 saturated heterocycles. The fourth-order valence-corrected chi connectivity index (χ4v) is 2.55. The van der Waals surface area contributed by atoms with Gasteiger partial charge in [-0.3, -0.25) is 0 Å². The van der Waals surface area contributed by atoms with Gasteiger partial charge in [-0.25, -0.2) is 0 Å². The van der Waals surface area contributed by atoms with Gasteiger partial charge < -0.3 is 4.74 Å². The topological polar surface area (TPSA) is 9.23 Å². The summed E-state index contributed by atoms with van der Waals surface area (Å²) in [6.45, 7) is 3.30. The van der Waals surface area contributed by atoms with E-state index in [9.17, 15) is 0 Å². The van der Waals surface area contributed by atoms with Gasteiger partial charge in [-0.1, -0.05) is 64.7 Å². The summed E-state index contributed by atoms with van der Waals surface area (Å²) >= 11 is 0. The zero-order valence-electron chi connectivity index (χ0n) is 11.2. The van der Waals surface area contributed by atoms with E-state index in [1.807, 2.05) is 0 Å². The fourth-order valence-electron chi connectivity index (χ4n) is 2.55. The summed E-state index contributed by atoms with van der Waals surface area (Å²) < 4.78 is 5.62. The molecule has 0 aliphatic carbocycles. The molecule has 1 nitrogen and oxygen atoms in total. The molecule has 0 radical (unpaired) electrons. The minimum atomic E-state index is 0.615. The Morgan fingerprint density at radius 2 is 1.50 bits per heavy atom. The van der Waals surface area contributed by atoms with Gasteiger partial charge in [-0.2, -0.15) is 0 Å². The van der Waals surface area contributed by atoms with Crippen LogP contribution in [0.5, 0.6) is 0 Å². The van der Waals surface area contributed by atoms with Gasteiger partial charge in [0.1, 0.15) is 0 Å². The van der Waals surface area contributed by atoms with Crippen LogP contribution in [0, 0.1) is 0 Å². The van der Waals surface area contributed by atoms with Gasteiger partial charge in [0, 0.05) is 6.61 Å². The average Bonchev–Trinajstić information content (AvgIpc) is 2.80. The van der Waals surface area contributed by atoms with Crippen molar-refractivity contribution in [2.24, 2.45) is 0 Å². The van der Waals surface area contributed by atoms with Crippen LogP contribution >= 0.6 is 0 Å². The summed E-state index contributed by atoms with van der Waals surface area (Å²) in [5, 5.41) is 0. The Morgan fingerprint density at radius 1 is 0.875 bits per heavy atom. The second kappa shape index (κ2) is 10.1. The molecule has 1 aliphatic heterocycles. The summed E-state index contributed by atoms with van der Waals surface area (Å²) in [7, 11) is 0. The van der Waals surface area contributed by atoms with Crippen molar-refractivity contribution in [3.8, 4) is 0 Å². The van der Waals surface area contributed by atoms with E-state index >= 15 is 0 Å². The lowest BCUT2D eigenvalue weighted by molar-refractivity contribution is 0.102. The first-order valence-corrected chi connectivity index (χ1v) is 7.55. The van der Waals surface area contributed by atoms with Crippen molar-refractivity contribution < 1.29 is 4.74 Å². The van der Waals surface area contributed by atoms with Crippen LogP contribution in [0.1, 0.15) is 84.0 Å². The highest BCUT2D eigenvalue weighted by Gasteiger charge is 2.14. The molecule has 1 rings (SSSR count). The summed E-state index contributed by atoms with van der Waals surface area (Å²) in [4.78, 5) is 0. The highest BCUT2D eigenvalue weighted by molar-refractivity contribution is 4.64. The first kappa shape index (κ1) is 14.0. The second-order valence-corrected chi connectivity index (χ2v) is 5.25. The van der Waals surface area contributed by atoms with Crippen molar-refractivity contribution in [2.45, 2.75) is 90.1 Å². The predicted molar refractivity (Wildman–Crippen MR) is 70.8 cm³/mol. The molecular weight excluding hydrogens is 196 g/mol. The van der Waals surface area contributed by atoms with Crippen LogP contribution < -0.4 is 0 Å². The third-order valence-electron chi connectivity index (χ3n) is 3.65. The molecule has 1 atom stereocenters. The molecule has 0 aromatic rings. The molecule has 96 valence electrons. The molecule has 0 N–H and O–H groups in total. The molecule has 0 saturated carbocycles. The van der Waals surface area contributed by atoms with E-state index in [4.69, 9.17) is 4.74 Å². The van der Waals surface area contributed by atoms with Gasteiger partial charge in [0.2, 0.25) is 0 Å². The zero-order valence-corrected chi connectivity index (χ0v) is 11.2. The van der Waals surface area contributed by atoms with Crippen molar-refractivity contribution >= 4 is 0 Å². The van der Waals surface area contributed by atoms with E-state index in [0.29, 0.717) is 6.10 Å². The van der Waals surface area contributed by atoms with Crippen molar-refractivity contribution in [1.29, 1.82) is 0 Å². The number of rotatable bonds is 10. The third-order valence-corrected chi connectivity index (χ3v) is 3.65. The SMILES string of the molecule is CCCCCCCCCCCC1CCCO1. The third kappa shape index (κ3) is 7.27. The van der Waals surface area contributed by atoms with Crippen LogP contribution in [0.15, 0.2) is 0 Å². The van der Waals surface area contributed by atoms with E-state index in [1.165, 1.54) is 77.0 Å². The molecule has 0 bridgehead atoms. The molecule has 16 heavy (non-hydrogen) atoms. The van der Waals surface area contributed by atoms with Crippen molar-refractivity contribution in [3.05, 3.63) is 0 Å². The average molecular weight is 226 g/mol. The Hall–Kier alpha value is -0.0400. The summed E-state index contributed by atoms with van der Waals surface area (Å²) in [5.74, 6) is 0. The largest absolute Gasteiger partial charge is 0.378 e. The van der Waals surface area contributed by atoms with Crippen LogP contribution in [0.3, 0.4) is 0 Å². The second-order valence-electron chi connectivity index (χ2n) is 5.25. The first-order valence-electron chi connectivity index (χ1n) is 7.55. The molecule has 1 unspecified atom stereocenters. The molecule has 0 aromatic carbocycles. The van der Waals surface area contributed by atoms with E-state index in [1.54, 1.807) is 0 Å². The monoisotopic (exact) mass is 226 g/mol. The Morgan fingerprint density at radius 3 is 2.06 bits per heavy atom. The Labute approximate surface area is 102 Å². The van der Waals surface area contributed by atoms with E-state index in [0.717, 1.165) is 6.61 Å². The molecule has 0 amide bonds.